The van der Waals surface area contributed by atoms with Gasteiger partial charge in [0.1, 0.15) is 0 Å². The SMILES string of the molecule is Brc1cccc(-c2cccc(Br)c2Br)c1Br.O=[PH+]O.c1ccc(-c2ccccc2)cc1. The van der Waals surface area contributed by atoms with Gasteiger partial charge in [0.15, 0.2) is 0 Å². The second kappa shape index (κ2) is 14.1. The van der Waals surface area contributed by atoms with Crippen molar-refractivity contribution in [2.24, 2.45) is 0 Å². The summed E-state index contributed by atoms with van der Waals surface area (Å²) in [4.78, 5) is 7.04. The van der Waals surface area contributed by atoms with E-state index in [2.05, 4.69) is 124 Å². The van der Waals surface area contributed by atoms with E-state index in [0.29, 0.717) is 0 Å². The smallest absolute Gasteiger partial charge is 0.162 e. The zero-order chi connectivity index (χ0) is 22.6. The molecule has 0 spiro atoms. The predicted octanol–water partition coefficient (Wildman–Crippen LogP) is 9.67. The number of rotatable bonds is 2. The molecule has 4 aromatic carbocycles. The fourth-order valence-corrected chi connectivity index (χ4v) is 4.37. The molecule has 1 unspecified atom stereocenters. The lowest BCUT2D eigenvalue weighted by Crippen LogP contribution is -1.83. The second-order valence-corrected chi connectivity index (χ2v) is 9.50. The Morgan fingerprint density at radius 2 is 0.839 bits per heavy atom. The third-order valence-electron chi connectivity index (χ3n) is 4.07. The zero-order valence-corrected chi connectivity index (χ0v) is 23.4. The van der Waals surface area contributed by atoms with E-state index in [4.69, 9.17) is 9.46 Å². The van der Waals surface area contributed by atoms with Crippen LogP contribution in [-0.2, 0) is 4.57 Å². The van der Waals surface area contributed by atoms with Gasteiger partial charge in [0.05, 0.1) is 0 Å². The summed E-state index contributed by atoms with van der Waals surface area (Å²) in [5, 5.41) is 0. The van der Waals surface area contributed by atoms with Crippen LogP contribution in [0.1, 0.15) is 0 Å². The highest BCUT2D eigenvalue weighted by molar-refractivity contribution is 9.13. The van der Waals surface area contributed by atoms with Crippen molar-refractivity contribution in [3.63, 3.8) is 0 Å². The normalized spacial score (nSPS) is 9.84. The van der Waals surface area contributed by atoms with Gasteiger partial charge in [-0.3, -0.25) is 0 Å². The highest BCUT2D eigenvalue weighted by Gasteiger charge is 2.10. The fourth-order valence-electron chi connectivity index (χ4n) is 2.68. The lowest BCUT2D eigenvalue weighted by molar-refractivity contribution is 0.524. The van der Waals surface area contributed by atoms with Crippen LogP contribution in [0, 0.1) is 0 Å². The maximum Gasteiger partial charge on any atom is 0.491 e. The highest BCUT2D eigenvalue weighted by atomic mass is 79.9. The Bertz CT molecular complexity index is 1020. The standard InChI is InChI=1S/C12H6Br4.C12H10.HO2P/c13-9-5-1-3-7(11(9)15)8-4-2-6-10(14)12(8)16;1-3-7-11(8-4-1)12-9-5-2-6-10-12;1-3-2/h1-6H;1-10H;3H/p+1. The Morgan fingerprint density at radius 1 is 0.516 bits per heavy atom. The van der Waals surface area contributed by atoms with E-state index < -0.39 is 8.69 Å². The summed E-state index contributed by atoms with van der Waals surface area (Å²) in [5.74, 6) is 0. The van der Waals surface area contributed by atoms with Crippen molar-refractivity contribution in [1.29, 1.82) is 0 Å². The molecule has 0 aromatic heterocycles. The van der Waals surface area contributed by atoms with E-state index >= 15 is 0 Å². The van der Waals surface area contributed by atoms with Crippen molar-refractivity contribution < 1.29 is 9.46 Å². The van der Waals surface area contributed by atoms with Crippen molar-refractivity contribution >= 4 is 72.4 Å². The molecular weight excluding hydrogens is 671 g/mol. The number of hydrogen-bond acceptors (Lipinski definition) is 1. The first-order chi connectivity index (χ1) is 15.0. The van der Waals surface area contributed by atoms with Crippen LogP contribution in [-0.4, -0.2) is 4.89 Å². The molecule has 0 saturated carbocycles. The van der Waals surface area contributed by atoms with Crippen LogP contribution in [0.5, 0.6) is 0 Å². The van der Waals surface area contributed by atoms with Crippen LogP contribution in [0.15, 0.2) is 115 Å². The van der Waals surface area contributed by atoms with Crippen molar-refractivity contribution in [2.45, 2.75) is 0 Å². The molecule has 1 N–H and O–H groups in total. The molecule has 0 amide bonds. The molecule has 158 valence electrons. The maximum absolute atomic E-state index is 8.51. The summed E-state index contributed by atoms with van der Waals surface area (Å²) < 4.78 is 12.7. The predicted molar refractivity (Wildman–Crippen MR) is 146 cm³/mol. The first-order valence-electron chi connectivity index (χ1n) is 8.99. The van der Waals surface area contributed by atoms with E-state index in [1.165, 1.54) is 11.1 Å². The Balaban J connectivity index is 0.000000201. The molecule has 0 aliphatic rings. The summed E-state index contributed by atoms with van der Waals surface area (Å²) in [6, 6.07) is 33.0. The van der Waals surface area contributed by atoms with Crippen LogP contribution >= 0.6 is 72.4 Å². The number of hydrogen-bond donors (Lipinski definition) is 1. The lowest BCUT2D eigenvalue weighted by Gasteiger charge is -2.09. The summed E-state index contributed by atoms with van der Waals surface area (Å²) >= 11 is 14.2. The minimum Gasteiger partial charge on any atom is -0.162 e. The van der Waals surface area contributed by atoms with E-state index in [1.54, 1.807) is 0 Å². The van der Waals surface area contributed by atoms with Gasteiger partial charge in [0, 0.05) is 17.9 Å². The molecule has 0 aliphatic carbocycles. The largest absolute Gasteiger partial charge is 0.491 e. The van der Waals surface area contributed by atoms with Gasteiger partial charge in [-0.15, -0.1) is 0 Å². The molecule has 0 radical (unpaired) electrons. The van der Waals surface area contributed by atoms with E-state index in [1.807, 2.05) is 36.4 Å². The highest BCUT2D eigenvalue weighted by Crippen LogP contribution is 2.39. The molecule has 0 aliphatic heterocycles. The topological polar surface area (TPSA) is 37.3 Å². The molecule has 7 heteroatoms. The van der Waals surface area contributed by atoms with Crippen LogP contribution in [0.25, 0.3) is 22.3 Å². The summed E-state index contributed by atoms with van der Waals surface area (Å²) in [6.07, 6.45) is 0. The van der Waals surface area contributed by atoms with Gasteiger partial charge in [-0.1, -0.05) is 84.9 Å². The summed E-state index contributed by atoms with van der Waals surface area (Å²) in [5.41, 5.74) is 4.86. The molecule has 0 bridgehead atoms. The van der Waals surface area contributed by atoms with Crippen molar-refractivity contribution in [3.05, 3.63) is 115 Å². The number of halogens is 4. The van der Waals surface area contributed by atoms with Gasteiger partial charge >= 0.3 is 8.69 Å². The number of benzene rings is 4. The van der Waals surface area contributed by atoms with E-state index in [0.717, 1.165) is 29.0 Å². The van der Waals surface area contributed by atoms with Gasteiger partial charge in [-0.25, -0.2) is 0 Å². The van der Waals surface area contributed by atoms with Crippen LogP contribution < -0.4 is 0 Å². The van der Waals surface area contributed by atoms with E-state index in [-0.39, 0.29) is 0 Å². The third kappa shape index (κ3) is 8.05. The first kappa shape index (κ1) is 26.1. The zero-order valence-electron chi connectivity index (χ0n) is 16.1. The fraction of sp³-hybridized carbons (Fsp3) is 0. The van der Waals surface area contributed by atoms with Gasteiger partial charge < -0.3 is 0 Å². The van der Waals surface area contributed by atoms with Crippen molar-refractivity contribution in [3.8, 4) is 22.3 Å². The Morgan fingerprint density at radius 3 is 1.16 bits per heavy atom. The van der Waals surface area contributed by atoms with Crippen LogP contribution in [0.4, 0.5) is 0 Å². The second-order valence-electron chi connectivity index (χ2n) is 6.03. The first-order valence-corrected chi connectivity index (χ1v) is 13.0. The minimum atomic E-state index is -1.17. The molecule has 0 fully saturated rings. The molecule has 2 nitrogen and oxygen atoms in total. The van der Waals surface area contributed by atoms with Crippen LogP contribution in [0.3, 0.4) is 0 Å². The monoisotopic (exact) mass is 685 g/mol. The van der Waals surface area contributed by atoms with Crippen LogP contribution in [0.2, 0.25) is 0 Å². The lowest BCUT2D eigenvalue weighted by atomic mass is 10.1. The minimum absolute atomic E-state index is 1.05. The average molecular weight is 689 g/mol. The van der Waals surface area contributed by atoms with E-state index in [9.17, 15) is 0 Å². The quantitative estimate of drug-likeness (QED) is 0.213. The molecule has 4 rings (SSSR count). The Labute approximate surface area is 217 Å². The van der Waals surface area contributed by atoms with Crippen molar-refractivity contribution in [2.75, 3.05) is 0 Å². The molecule has 0 saturated heterocycles. The average Bonchev–Trinajstić information content (AvgIpc) is 2.80. The molecule has 1 atom stereocenters. The third-order valence-corrected chi connectivity index (χ3v) is 8.17. The van der Waals surface area contributed by atoms with Gasteiger partial charge in [0.25, 0.3) is 0 Å². The molecule has 31 heavy (non-hydrogen) atoms. The van der Waals surface area contributed by atoms with Gasteiger partial charge in [-0.05, 0) is 103 Å². The van der Waals surface area contributed by atoms with Gasteiger partial charge in [-0.2, -0.15) is 4.89 Å². The Hall–Kier alpha value is -1.14. The van der Waals surface area contributed by atoms with Gasteiger partial charge in [0.2, 0.25) is 0 Å². The van der Waals surface area contributed by atoms with Crippen molar-refractivity contribution in [1.82, 2.24) is 0 Å². The molecule has 0 heterocycles. The molecule has 4 aromatic rings. The Kier molecular flexibility index (Phi) is 11.9. The summed E-state index contributed by atoms with van der Waals surface area (Å²) in [7, 11) is -1.17. The maximum atomic E-state index is 8.51. The summed E-state index contributed by atoms with van der Waals surface area (Å²) in [6.45, 7) is 0. The molecular formula is C24H18Br4O2P+.